The van der Waals surface area contributed by atoms with Crippen molar-refractivity contribution in [1.82, 2.24) is 5.32 Å². The number of nitrogens with one attached hydrogen (secondary N) is 1. The first-order valence-corrected chi connectivity index (χ1v) is 8.93. The molecule has 0 fully saturated rings. The fourth-order valence-electron chi connectivity index (χ4n) is 3.08. The van der Waals surface area contributed by atoms with Crippen molar-refractivity contribution in [3.8, 4) is 0 Å². The first-order valence-electron chi connectivity index (χ1n) is 8.55. The number of rotatable bonds is 5. The first kappa shape index (κ1) is 17.5. The van der Waals surface area contributed by atoms with Crippen LogP contribution in [0, 0.1) is 12.8 Å². The van der Waals surface area contributed by atoms with E-state index in [9.17, 15) is 4.79 Å². The van der Waals surface area contributed by atoms with Crippen LogP contribution in [0.15, 0.2) is 60.7 Å². The van der Waals surface area contributed by atoms with E-state index in [0.29, 0.717) is 23.0 Å². The van der Waals surface area contributed by atoms with Crippen LogP contribution in [-0.4, -0.2) is 12.5 Å². The van der Waals surface area contributed by atoms with Crippen molar-refractivity contribution in [3.05, 3.63) is 82.4 Å². The SMILES string of the molecule is Cc1ccc(C(=O)NC[C@@H](C)Cc2cccc3ccccc23)c(Cl)c1. The average Bonchev–Trinajstić information content (AvgIpc) is 2.60. The molecular weight excluding hydrogens is 330 g/mol. The summed E-state index contributed by atoms with van der Waals surface area (Å²) in [5, 5.41) is 6.04. The van der Waals surface area contributed by atoms with Crippen LogP contribution in [-0.2, 0) is 6.42 Å². The Hall–Kier alpha value is -2.32. The van der Waals surface area contributed by atoms with Crippen molar-refractivity contribution >= 4 is 28.3 Å². The molecule has 0 saturated carbocycles. The summed E-state index contributed by atoms with van der Waals surface area (Å²) in [6.07, 6.45) is 0.920. The van der Waals surface area contributed by atoms with Gasteiger partial charge in [-0.25, -0.2) is 0 Å². The monoisotopic (exact) mass is 351 g/mol. The Labute approximate surface area is 153 Å². The lowest BCUT2D eigenvalue weighted by molar-refractivity contribution is 0.0948. The molecule has 0 bridgehead atoms. The Morgan fingerprint density at radius 2 is 1.84 bits per heavy atom. The standard InChI is InChI=1S/C22H22ClNO/c1-15-10-11-20(21(23)13-15)22(25)24-14-16(2)12-18-8-5-7-17-6-3-4-9-19(17)18/h3-11,13,16H,12,14H2,1-2H3,(H,24,25)/t16-/m0/s1. The van der Waals surface area contributed by atoms with Crippen molar-refractivity contribution in [2.24, 2.45) is 5.92 Å². The molecule has 0 spiro atoms. The van der Waals surface area contributed by atoms with Gasteiger partial charge in [0.05, 0.1) is 10.6 Å². The quantitative estimate of drug-likeness (QED) is 0.654. The first-order chi connectivity index (χ1) is 12.0. The largest absolute Gasteiger partial charge is 0.352 e. The van der Waals surface area contributed by atoms with Crippen LogP contribution in [0.1, 0.15) is 28.4 Å². The van der Waals surface area contributed by atoms with Gasteiger partial charge in [-0.1, -0.05) is 67.1 Å². The normalized spacial score (nSPS) is 12.1. The maximum Gasteiger partial charge on any atom is 0.252 e. The Kier molecular flexibility index (Phi) is 5.40. The molecule has 1 atom stereocenters. The molecule has 0 aliphatic heterocycles. The van der Waals surface area contributed by atoms with Crippen LogP contribution < -0.4 is 5.32 Å². The topological polar surface area (TPSA) is 29.1 Å². The van der Waals surface area contributed by atoms with Crippen molar-refractivity contribution in [1.29, 1.82) is 0 Å². The summed E-state index contributed by atoms with van der Waals surface area (Å²) < 4.78 is 0. The maximum atomic E-state index is 12.4. The number of benzene rings is 3. The van der Waals surface area contributed by atoms with E-state index in [4.69, 9.17) is 11.6 Å². The molecule has 0 saturated heterocycles. The second-order valence-corrected chi connectivity index (χ2v) is 7.05. The van der Waals surface area contributed by atoms with Gasteiger partial charge in [0.25, 0.3) is 5.91 Å². The Bertz CT molecular complexity index is 898. The molecule has 0 heterocycles. The fourth-order valence-corrected chi connectivity index (χ4v) is 3.41. The molecule has 0 aromatic heterocycles. The summed E-state index contributed by atoms with van der Waals surface area (Å²) >= 11 is 6.17. The lowest BCUT2D eigenvalue weighted by Gasteiger charge is -2.15. The Morgan fingerprint density at radius 1 is 1.08 bits per heavy atom. The summed E-state index contributed by atoms with van der Waals surface area (Å²) in [6, 6.07) is 20.3. The smallest absolute Gasteiger partial charge is 0.252 e. The molecule has 3 aromatic carbocycles. The molecule has 0 radical (unpaired) electrons. The zero-order chi connectivity index (χ0) is 17.8. The zero-order valence-electron chi connectivity index (χ0n) is 14.6. The van der Waals surface area contributed by atoms with Gasteiger partial charge in [0.2, 0.25) is 0 Å². The molecule has 0 unspecified atom stereocenters. The van der Waals surface area contributed by atoms with Crippen molar-refractivity contribution < 1.29 is 4.79 Å². The maximum absolute atomic E-state index is 12.4. The second-order valence-electron chi connectivity index (χ2n) is 6.64. The van der Waals surface area contributed by atoms with E-state index >= 15 is 0 Å². The minimum absolute atomic E-state index is 0.116. The van der Waals surface area contributed by atoms with Gasteiger partial charge in [-0.05, 0) is 53.3 Å². The van der Waals surface area contributed by atoms with Crippen molar-refractivity contribution in [3.63, 3.8) is 0 Å². The van der Waals surface area contributed by atoms with Crippen LogP contribution in [0.4, 0.5) is 0 Å². The lowest BCUT2D eigenvalue weighted by Crippen LogP contribution is -2.29. The van der Waals surface area contributed by atoms with Crippen LogP contribution >= 0.6 is 11.6 Å². The highest BCUT2D eigenvalue weighted by molar-refractivity contribution is 6.33. The molecule has 2 nitrogen and oxygen atoms in total. The van der Waals surface area contributed by atoms with Crippen LogP contribution in [0.2, 0.25) is 5.02 Å². The summed E-state index contributed by atoms with van der Waals surface area (Å²) in [4.78, 5) is 12.4. The number of carbonyl (C=O) groups is 1. The summed E-state index contributed by atoms with van der Waals surface area (Å²) in [5.41, 5.74) is 2.89. The van der Waals surface area contributed by atoms with E-state index in [1.54, 1.807) is 6.07 Å². The molecule has 1 N–H and O–H groups in total. The van der Waals surface area contributed by atoms with Crippen molar-refractivity contribution in [2.75, 3.05) is 6.54 Å². The van der Waals surface area contributed by atoms with Gasteiger partial charge < -0.3 is 5.32 Å². The predicted octanol–water partition coefficient (Wildman–Crippen LogP) is 5.41. The number of halogens is 1. The van der Waals surface area contributed by atoms with E-state index in [1.165, 1.54) is 16.3 Å². The van der Waals surface area contributed by atoms with Gasteiger partial charge in [-0.2, -0.15) is 0 Å². The average molecular weight is 352 g/mol. The third-order valence-corrected chi connectivity index (χ3v) is 4.74. The molecule has 1 amide bonds. The van der Waals surface area contributed by atoms with Crippen LogP contribution in [0.5, 0.6) is 0 Å². The Morgan fingerprint density at radius 3 is 2.64 bits per heavy atom. The molecule has 3 rings (SSSR count). The van der Waals surface area contributed by atoms with Gasteiger partial charge >= 0.3 is 0 Å². The highest BCUT2D eigenvalue weighted by Gasteiger charge is 2.12. The molecule has 3 aromatic rings. The molecule has 25 heavy (non-hydrogen) atoms. The van der Waals surface area contributed by atoms with Crippen LogP contribution in [0.3, 0.4) is 0 Å². The highest BCUT2D eigenvalue weighted by Crippen LogP contribution is 2.21. The minimum atomic E-state index is -0.116. The number of carbonyl (C=O) groups excluding carboxylic acids is 1. The van der Waals surface area contributed by atoms with E-state index in [-0.39, 0.29) is 5.91 Å². The van der Waals surface area contributed by atoms with Crippen molar-refractivity contribution in [2.45, 2.75) is 20.3 Å². The molecular formula is C22H22ClNO. The molecule has 128 valence electrons. The number of hydrogen-bond acceptors (Lipinski definition) is 1. The summed E-state index contributed by atoms with van der Waals surface area (Å²) in [6.45, 7) is 4.73. The van der Waals surface area contributed by atoms with E-state index in [2.05, 4.69) is 54.7 Å². The third kappa shape index (κ3) is 4.21. The highest BCUT2D eigenvalue weighted by atomic mass is 35.5. The number of hydrogen-bond donors (Lipinski definition) is 1. The Balaban J connectivity index is 1.64. The van der Waals surface area contributed by atoms with E-state index < -0.39 is 0 Å². The number of aryl methyl sites for hydroxylation is 1. The van der Waals surface area contributed by atoms with Crippen LogP contribution in [0.25, 0.3) is 10.8 Å². The fraction of sp³-hybridized carbons (Fsp3) is 0.227. The number of amides is 1. The van der Waals surface area contributed by atoms with Gasteiger partial charge in [-0.3, -0.25) is 4.79 Å². The summed E-state index contributed by atoms with van der Waals surface area (Å²) in [5.74, 6) is 0.216. The van der Waals surface area contributed by atoms with E-state index in [0.717, 1.165) is 12.0 Å². The number of fused-ring (bicyclic) bond motifs is 1. The lowest BCUT2D eigenvalue weighted by atomic mass is 9.96. The van der Waals surface area contributed by atoms with Gasteiger partial charge in [0.15, 0.2) is 0 Å². The third-order valence-electron chi connectivity index (χ3n) is 4.43. The van der Waals surface area contributed by atoms with E-state index in [1.807, 2.05) is 19.1 Å². The predicted molar refractivity (Wildman–Crippen MR) is 105 cm³/mol. The van der Waals surface area contributed by atoms with Gasteiger partial charge in [-0.15, -0.1) is 0 Å². The summed E-state index contributed by atoms with van der Waals surface area (Å²) in [7, 11) is 0. The second kappa shape index (κ2) is 7.71. The van der Waals surface area contributed by atoms with Gasteiger partial charge in [0, 0.05) is 6.54 Å². The molecule has 3 heteroatoms. The minimum Gasteiger partial charge on any atom is -0.352 e. The zero-order valence-corrected chi connectivity index (χ0v) is 15.3. The molecule has 0 aliphatic rings. The molecule has 0 aliphatic carbocycles. The van der Waals surface area contributed by atoms with Gasteiger partial charge in [0.1, 0.15) is 0 Å².